The van der Waals surface area contributed by atoms with E-state index in [1.807, 2.05) is 13.1 Å². The predicted octanol–water partition coefficient (Wildman–Crippen LogP) is 4.08. The minimum atomic E-state index is 0. The van der Waals surface area contributed by atoms with Gasteiger partial charge in [0, 0.05) is 5.56 Å². The van der Waals surface area contributed by atoms with Crippen LogP contribution in [0.4, 0.5) is 0 Å². The number of ether oxygens (including phenoxy) is 1. The standard InChI is InChI=1S/C16H17ClN2O2.2ClH/c1-18-16(6-7-16)10-21-13-8-14(15(17)19-9-13)11-2-4-12(20)5-3-11;;/h2-5,8-9,18,20H,6-7,10H2,1H3;2*1H. The van der Waals surface area contributed by atoms with Crippen LogP contribution in [0.3, 0.4) is 0 Å². The average Bonchev–Trinajstić information content (AvgIpc) is 3.28. The molecule has 0 unspecified atom stereocenters. The second kappa shape index (κ2) is 8.06. The van der Waals surface area contributed by atoms with Gasteiger partial charge in [-0.05, 0) is 43.7 Å². The van der Waals surface area contributed by atoms with Crippen molar-refractivity contribution in [2.45, 2.75) is 18.4 Å². The molecule has 1 aliphatic carbocycles. The lowest BCUT2D eigenvalue weighted by Gasteiger charge is -2.15. The van der Waals surface area contributed by atoms with Crippen molar-refractivity contribution in [1.29, 1.82) is 0 Å². The Labute approximate surface area is 153 Å². The average molecular weight is 378 g/mol. The van der Waals surface area contributed by atoms with E-state index in [1.54, 1.807) is 30.5 Å². The zero-order chi connectivity index (χ0) is 14.9. The summed E-state index contributed by atoms with van der Waals surface area (Å²) in [5, 5.41) is 13.1. The van der Waals surface area contributed by atoms with Gasteiger partial charge in [-0.3, -0.25) is 0 Å². The van der Waals surface area contributed by atoms with E-state index in [-0.39, 0.29) is 36.1 Å². The van der Waals surface area contributed by atoms with E-state index in [2.05, 4.69) is 10.3 Å². The molecule has 0 saturated heterocycles. The first-order valence-corrected chi connectivity index (χ1v) is 7.26. The Morgan fingerprint density at radius 2 is 1.91 bits per heavy atom. The van der Waals surface area contributed by atoms with Crippen LogP contribution in [0.2, 0.25) is 5.15 Å². The zero-order valence-corrected chi connectivity index (χ0v) is 15.0. The van der Waals surface area contributed by atoms with Gasteiger partial charge in [0.2, 0.25) is 0 Å². The molecule has 1 heterocycles. The van der Waals surface area contributed by atoms with Gasteiger partial charge in [-0.2, -0.15) is 0 Å². The molecule has 4 nitrogen and oxygen atoms in total. The van der Waals surface area contributed by atoms with E-state index in [0.29, 0.717) is 17.5 Å². The third-order valence-corrected chi connectivity index (χ3v) is 4.19. The molecule has 1 aliphatic rings. The van der Waals surface area contributed by atoms with Crippen molar-refractivity contribution in [3.05, 3.63) is 41.7 Å². The summed E-state index contributed by atoms with van der Waals surface area (Å²) in [6.07, 6.45) is 3.91. The van der Waals surface area contributed by atoms with Gasteiger partial charge in [0.05, 0.1) is 11.7 Å². The first-order chi connectivity index (χ1) is 10.1. The molecule has 3 rings (SSSR count). The Morgan fingerprint density at radius 1 is 1.26 bits per heavy atom. The van der Waals surface area contributed by atoms with Crippen molar-refractivity contribution < 1.29 is 9.84 Å². The molecule has 1 aromatic heterocycles. The van der Waals surface area contributed by atoms with Gasteiger partial charge in [-0.25, -0.2) is 4.98 Å². The molecule has 2 N–H and O–H groups in total. The third kappa shape index (κ3) is 4.64. The SMILES string of the molecule is CNC1(COc2cnc(Cl)c(-c3ccc(O)cc3)c2)CC1.Cl.Cl. The molecule has 7 heteroatoms. The summed E-state index contributed by atoms with van der Waals surface area (Å²) in [5.74, 6) is 0.920. The van der Waals surface area contributed by atoms with Crippen LogP contribution >= 0.6 is 36.4 Å². The highest BCUT2D eigenvalue weighted by Gasteiger charge is 2.41. The molecule has 1 fully saturated rings. The molecule has 0 bridgehead atoms. The number of benzene rings is 1. The zero-order valence-electron chi connectivity index (χ0n) is 12.6. The van der Waals surface area contributed by atoms with Gasteiger partial charge < -0.3 is 15.2 Å². The van der Waals surface area contributed by atoms with Gasteiger partial charge in [0.1, 0.15) is 23.3 Å². The first kappa shape index (κ1) is 19.8. The highest BCUT2D eigenvalue weighted by Crippen LogP contribution is 2.36. The molecule has 1 saturated carbocycles. The Balaban J connectivity index is 0.00000132. The van der Waals surface area contributed by atoms with Crippen molar-refractivity contribution in [1.82, 2.24) is 10.3 Å². The summed E-state index contributed by atoms with van der Waals surface area (Å²) in [7, 11) is 1.96. The minimum absolute atomic E-state index is 0. The number of phenols is 1. The Hall–Kier alpha value is -1.20. The molecule has 0 aliphatic heterocycles. The molecule has 1 aromatic carbocycles. The second-order valence-electron chi connectivity index (χ2n) is 5.38. The molecule has 126 valence electrons. The molecule has 23 heavy (non-hydrogen) atoms. The van der Waals surface area contributed by atoms with Crippen molar-refractivity contribution in [3.8, 4) is 22.6 Å². The predicted molar refractivity (Wildman–Crippen MR) is 97.4 cm³/mol. The molecule has 0 amide bonds. The third-order valence-electron chi connectivity index (χ3n) is 3.89. The normalized spacial score (nSPS) is 14.3. The van der Waals surface area contributed by atoms with Crippen LogP contribution in [-0.2, 0) is 0 Å². The van der Waals surface area contributed by atoms with Gasteiger partial charge >= 0.3 is 0 Å². The van der Waals surface area contributed by atoms with Crippen LogP contribution in [0.15, 0.2) is 36.5 Å². The highest BCUT2D eigenvalue weighted by molar-refractivity contribution is 6.32. The number of aromatic nitrogens is 1. The fourth-order valence-corrected chi connectivity index (χ4v) is 2.40. The van der Waals surface area contributed by atoms with Gasteiger partial charge in [-0.1, -0.05) is 23.7 Å². The summed E-state index contributed by atoms with van der Waals surface area (Å²) >= 11 is 6.16. The summed E-state index contributed by atoms with van der Waals surface area (Å²) in [6.45, 7) is 0.627. The minimum Gasteiger partial charge on any atom is -0.508 e. The van der Waals surface area contributed by atoms with E-state index in [1.165, 1.54) is 0 Å². The monoisotopic (exact) mass is 376 g/mol. The smallest absolute Gasteiger partial charge is 0.138 e. The van der Waals surface area contributed by atoms with Crippen LogP contribution in [0.1, 0.15) is 12.8 Å². The lowest BCUT2D eigenvalue weighted by molar-refractivity contribution is 0.259. The number of likely N-dealkylation sites (N-methyl/N-ethyl adjacent to an activating group) is 1. The number of hydrogen-bond donors (Lipinski definition) is 2. The highest BCUT2D eigenvalue weighted by atomic mass is 35.5. The maximum absolute atomic E-state index is 9.36. The van der Waals surface area contributed by atoms with Crippen molar-refractivity contribution in [2.24, 2.45) is 0 Å². The Morgan fingerprint density at radius 3 is 2.48 bits per heavy atom. The summed E-state index contributed by atoms with van der Waals surface area (Å²) in [4.78, 5) is 4.18. The molecular weight excluding hydrogens is 359 g/mol. The number of phenolic OH excluding ortho intramolecular Hbond substituents is 1. The quantitative estimate of drug-likeness (QED) is 0.771. The summed E-state index contributed by atoms with van der Waals surface area (Å²) in [6, 6.07) is 8.74. The largest absolute Gasteiger partial charge is 0.508 e. The number of aromatic hydroxyl groups is 1. The lowest BCUT2D eigenvalue weighted by atomic mass is 10.1. The van der Waals surface area contributed by atoms with E-state index >= 15 is 0 Å². The van der Waals surface area contributed by atoms with Crippen LogP contribution < -0.4 is 10.1 Å². The maximum atomic E-state index is 9.36. The van der Waals surface area contributed by atoms with Gasteiger partial charge in [0.25, 0.3) is 0 Å². The van der Waals surface area contributed by atoms with Crippen molar-refractivity contribution in [3.63, 3.8) is 0 Å². The number of rotatable bonds is 5. The maximum Gasteiger partial charge on any atom is 0.138 e. The first-order valence-electron chi connectivity index (χ1n) is 6.89. The van der Waals surface area contributed by atoms with Crippen LogP contribution in [-0.4, -0.2) is 29.3 Å². The lowest BCUT2D eigenvalue weighted by Crippen LogP contribution is -2.33. The fraction of sp³-hybridized carbons (Fsp3) is 0.312. The summed E-state index contributed by atoms with van der Waals surface area (Å²) < 4.78 is 5.83. The topological polar surface area (TPSA) is 54.4 Å². The van der Waals surface area contributed by atoms with E-state index < -0.39 is 0 Å². The second-order valence-corrected chi connectivity index (χ2v) is 5.73. The number of hydrogen-bond acceptors (Lipinski definition) is 4. The molecule has 2 aromatic rings. The van der Waals surface area contributed by atoms with Crippen molar-refractivity contribution in [2.75, 3.05) is 13.7 Å². The number of halogens is 3. The summed E-state index contributed by atoms with van der Waals surface area (Å²) in [5.41, 5.74) is 1.81. The number of nitrogens with one attached hydrogen (secondary N) is 1. The van der Waals surface area contributed by atoms with Crippen LogP contribution in [0, 0.1) is 0 Å². The van der Waals surface area contributed by atoms with E-state index in [9.17, 15) is 5.11 Å². The van der Waals surface area contributed by atoms with Gasteiger partial charge in [-0.15, -0.1) is 24.8 Å². The van der Waals surface area contributed by atoms with Gasteiger partial charge in [0.15, 0.2) is 0 Å². The molecular formula is C16H19Cl3N2O2. The number of nitrogens with zero attached hydrogens (tertiary/aromatic N) is 1. The van der Waals surface area contributed by atoms with Crippen LogP contribution in [0.25, 0.3) is 11.1 Å². The van der Waals surface area contributed by atoms with Crippen LogP contribution in [0.5, 0.6) is 11.5 Å². The van der Waals surface area contributed by atoms with Crippen molar-refractivity contribution >= 4 is 36.4 Å². The van der Waals surface area contributed by atoms with E-state index in [4.69, 9.17) is 16.3 Å². The van der Waals surface area contributed by atoms with E-state index in [0.717, 1.165) is 24.0 Å². The Bertz CT molecular complexity index is 646. The molecule has 0 spiro atoms. The Kier molecular flexibility index (Phi) is 6.96. The fourth-order valence-electron chi connectivity index (χ4n) is 2.19. The molecule has 0 atom stereocenters. The number of pyridine rings is 1. The molecule has 0 radical (unpaired) electrons.